The van der Waals surface area contributed by atoms with Gasteiger partial charge in [-0.25, -0.2) is 4.31 Å². The first-order valence-corrected chi connectivity index (χ1v) is 9.84. The van der Waals surface area contributed by atoms with Crippen LogP contribution in [0.2, 0.25) is 0 Å². The Balaban J connectivity index is 1.95. The number of nitrogens with zero attached hydrogens (tertiary/aromatic N) is 3. The maximum absolute atomic E-state index is 12.9. The molecule has 0 bridgehead atoms. The van der Waals surface area contributed by atoms with Gasteiger partial charge < -0.3 is 4.90 Å². The lowest BCUT2D eigenvalue weighted by molar-refractivity contribution is -0.129. The number of benzene rings is 1. The van der Waals surface area contributed by atoms with Crippen molar-refractivity contribution in [3.63, 3.8) is 0 Å². The minimum atomic E-state index is -3.91. The van der Waals surface area contributed by atoms with Gasteiger partial charge in [0.2, 0.25) is 0 Å². The highest BCUT2D eigenvalue weighted by molar-refractivity contribution is 7.88. The zero-order valence-electron chi connectivity index (χ0n) is 14.8. The lowest BCUT2D eigenvalue weighted by Crippen LogP contribution is -2.44. The molecule has 0 aliphatic carbocycles. The van der Waals surface area contributed by atoms with Gasteiger partial charge >= 0.3 is 10.2 Å². The number of aryl methyl sites for hydroxylation is 1. The normalized spacial score (nSPS) is 20.9. The summed E-state index contributed by atoms with van der Waals surface area (Å²) in [4.78, 5) is 14.6. The van der Waals surface area contributed by atoms with Crippen molar-refractivity contribution in [2.45, 2.75) is 26.7 Å². The highest BCUT2D eigenvalue weighted by Crippen LogP contribution is 2.24. The molecule has 3 rings (SSSR count). The van der Waals surface area contributed by atoms with E-state index >= 15 is 0 Å². The van der Waals surface area contributed by atoms with Crippen LogP contribution in [0, 0.1) is 12.8 Å². The van der Waals surface area contributed by atoms with E-state index in [2.05, 4.69) is 11.3 Å². The molecule has 0 atom stereocenters. The molecule has 2 heterocycles. The van der Waals surface area contributed by atoms with Crippen LogP contribution in [-0.4, -0.2) is 49.4 Å². The highest BCUT2D eigenvalue weighted by atomic mass is 32.2. The molecule has 6 nitrogen and oxygen atoms in total. The minimum absolute atomic E-state index is 0.153. The monoisotopic (exact) mass is 361 g/mol. The van der Waals surface area contributed by atoms with Gasteiger partial charge in [0.1, 0.15) is 5.70 Å². The zero-order valence-corrected chi connectivity index (χ0v) is 15.6. The standard InChI is InChI=1S/C18H23N3O3S/c1-13-4-6-15(7-5-13)16-12-17(20(3)25(23,24)19-16)18(22)21-10-8-14(2)9-11-21/h4-7,12,14H,8-11H2,1-3H3. The Hall–Kier alpha value is -2.15. The number of carbonyl (C=O) groups is 1. The predicted molar refractivity (Wildman–Crippen MR) is 97.5 cm³/mol. The average molecular weight is 361 g/mol. The Bertz CT molecular complexity index is 833. The molecule has 1 saturated heterocycles. The smallest absolute Gasteiger partial charge is 0.337 e. The summed E-state index contributed by atoms with van der Waals surface area (Å²) in [7, 11) is -2.53. The Labute approximate surface area is 149 Å². The van der Waals surface area contributed by atoms with Gasteiger partial charge in [-0.05, 0) is 31.8 Å². The van der Waals surface area contributed by atoms with Crippen molar-refractivity contribution in [3.8, 4) is 0 Å². The summed E-state index contributed by atoms with van der Waals surface area (Å²) in [6.45, 7) is 5.43. The fourth-order valence-corrected chi connectivity index (χ4v) is 3.90. The van der Waals surface area contributed by atoms with E-state index in [-0.39, 0.29) is 11.6 Å². The molecule has 7 heteroatoms. The summed E-state index contributed by atoms with van der Waals surface area (Å²) < 4.78 is 29.6. The minimum Gasteiger partial charge on any atom is -0.337 e. The number of allylic oxidation sites excluding steroid dienone is 1. The summed E-state index contributed by atoms with van der Waals surface area (Å²) in [5, 5.41) is 0. The number of carbonyl (C=O) groups excluding carboxylic acids is 1. The molecule has 0 radical (unpaired) electrons. The second-order valence-electron chi connectivity index (χ2n) is 6.79. The van der Waals surface area contributed by atoms with Crippen molar-refractivity contribution in [3.05, 3.63) is 47.2 Å². The zero-order chi connectivity index (χ0) is 18.2. The van der Waals surface area contributed by atoms with Gasteiger partial charge in [0.25, 0.3) is 5.91 Å². The second-order valence-corrected chi connectivity index (χ2v) is 8.42. The molecular weight excluding hydrogens is 338 g/mol. The molecule has 25 heavy (non-hydrogen) atoms. The fraction of sp³-hybridized carbons (Fsp3) is 0.444. The van der Waals surface area contributed by atoms with Crippen molar-refractivity contribution in [1.29, 1.82) is 0 Å². The molecule has 2 aliphatic rings. The van der Waals surface area contributed by atoms with Crippen molar-refractivity contribution in [2.75, 3.05) is 20.1 Å². The van der Waals surface area contributed by atoms with Gasteiger partial charge in [-0.15, -0.1) is 4.40 Å². The Morgan fingerprint density at radius 2 is 1.76 bits per heavy atom. The summed E-state index contributed by atoms with van der Waals surface area (Å²) in [5.74, 6) is 0.341. The molecule has 0 aromatic heterocycles. The molecule has 0 unspecified atom stereocenters. The van der Waals surface area contributed by atoms with Crippen LogP contribution in [0.1, 0.15) is 30.9 Å². The third kappa shape index (κ3) is 3.61. The summed E-state index contributed by atoms with van der Waals surface area (Å²) in [5.41, 5.74) is 2.20. The lowest BCUT2D eigenvalue weighted by atomic mass is 9.99. The largest absolute Gasteiger partial charge is 0.345 e. The van der Waals surface area contributed by atoms with Gasteiger partial charge in [-0.1, -0.05) is 36.8 Å². The van der Waals surface area contributed by atoms with E-state index in [0.717, 1.165) is 22.7 Å². The van der Waals surface area contributed by atoms with Crippen LogP contribution in [0.5, 0.6) is 0 Å². The van der Waals surface area contributed by atoms with Gasteiger partial charge in [-0.2, -0.15) is 8.42 Å². The first-order valence-electron chi connectivity index (χ1n) is 8.45. The number of rotatable bonds is 2. The number of hydrogen-bond donors (Lipinski definition) is 0. The maximum atomic E-state index is 12.9. The Morgan fingerprint density at radius 3 is 2.36 bits per heavy atom. The summed E-state index contributed by atoms with van der Waals surface area (Å²) in [6, 6.07) is 7.42. The predicted octanol–water partition coefficient (Wildman–Crippen LogP) is 2.12. The van der Waals surface area contributed by atoms with E-state index in [1.165, 1.54) is 7.05 Å². The summed E-state index contributed by atoms with van der Waals surface area (Å²) in [6.07, 6.45) is 3.45. The number of hydrogen-bond acceptors (Lipinski definition) is 3. The molecule has 1 aromatic rings. The lowest BCUT2D eigenvalue weighted by Gasteiger charge is -2.33. The third-order valence-corrected chi connectivity index (χ3v) is 6.13. The van der Waals surface area contributed by atoms with E-state index in [4.69, 9.17) is 0 Å². The van der Waals surface area contributed by atoms with Crippen LogP contribution in [0.15, 0.2) is 40.4 Å². The second kappa shape index (κ2) is 6.63. The SMILES string of the molecule is Cc1ccc(C2=NS(=O)(=O)N(C)C(C(=O)N3CCC(C)CC3)=C2)cc1. The third-order valence-electron chi connectivity index (χ3n) is 4.81. The van der Waals surface area contributed by atoms with E-state index in [1.807, 2.05) is 31.2 Å². The molecular formula is C18H23N3O3S. The summed E-state index contributed by atoms with van der Waals surface area (Å²) >= 11 is 0. The Kier molecular flexibility index (Phi) is 4.69. The average Bonchev–Trinajstić information content (AvgIpc) is 2.58. The maximum Gasteiger partial charge on any atom is 0.345 e. The molecule has 0 spiro atoms. The van der Waals surface area contributed by atoms with E-state index in [1.54, 1.807) is 11.0 Å². The number of piperidine rings is 1. The van der Waals surface area contributed by atoms with Crippen LogP contribution >= 0.6 is 0 Å². The van der Waals surface area contributed by atoms with E-state index in [0.29, 0.717) is 30.3 Å². The highest BCUT2D eigenvalue weighted by Gasteiger charge is 2.33. The first-order chi connectivity index (χ1) is 11.8. The van der Waals surface area contributed by atoms with Crippen LogP contribution in [-0.2, 0) is 15.0 Å². The van der Waals surface area contributed by atoms with Gasteiger partial charge in [0, 0.05) is 25.7 Å². The topological polar surface area (TPSA) is 70.0 Å². The van der Waals surface area contributed by atoms with Gasteiger partial charge in [0.15, 0.2) is 0 Å². The van der Waals surface area contributed by atoms with Crippen LogP contribution < -0.4 is 0 Å². The van der Waals surface area contributed by atoms with Gasteiger partial charge in [-0.3, -0.25) is 4.79 Å². The first kappa shape index (κ1) is 17.7. The van der Waals surface area contributed by atoms with E-state index in [9.17, 15) is 13.2 Å². The van der Waals surface area contributed by atoms with Crippen molar-refractivity contribution >= 4 is 21.8 Å². The quantitative estimate of drug-likeness (QED) is 0.810. The number of likely N-dealkylation sites (tertiary alicyclic amines) is 1. The molecule has 0 saturated carbocycles. The molecule has 2 aliphatic heterocycles. The molecule has 1 fully saturated rings. The van der Waals surface area contributed by atoms with Crippen LogP contribution in [0.25, 0.3) is 0 Å². The van der Waals surface area contributed by atoms with Crippen LogP contribution in [0.3, 0.4) is 0 Å². The van der Waals surface area contributed by atoms with Crippen molar-refractivity contribution < 1.29 is 13.2 Å². The van der Waals surface area contributed by atoms with E-state index < -0.39 is 10.2 Å². The number of likely N-dealkylation sites (N-methyl/N-ethyl adjacent to an activating group) is 1. The van der Waals surface area contributed by atoms with Crippen molar-refractivity contribution in [1.82, 2.24) is 9.21 Å². The molecule has 134 valence electrons. The van der Waals surface area contributed by atoms with Crippen molar-refractivity contribution in [2.24, 2.45) is 10.3 Å². The Morgan fingerprint density at radius 1 is 1.16 bits per heavy atom. The fourth-order valence-electron chi connectivity index (χ4n) is 2.99. The number of amides is 1. The molecule has 1 aromatic carbocycles. The van der Waals surface area contributed by atoms with Crippen LogP contribution in [0.4, 0.5) is 0 Å². The molecule has 0 N–H and O–H groups in total. The molecule has 1 amide bonds. The van der Waals surface area contributed by atoms with Gasteiger partial charge in [0.05, 0.1) is 5.71 Å².